The summed E-state index contributed by atoms with van der Waals surface area (Å²) in [6, 6.07) is 4.82. The van der Waals surface area contributed by atoms with Gasteiger partial charge >= 0.3 is 0 Å². The lowest BCUT2D eigenvalue weighted by molar-refractivity contribution is -0.126. The molecule has 0 saturated carbocycles. The molecule has 2 heterocycles. The van der Waals surface area contributed by atoms with Gasteiger partial charge in [0.25, 0.3) is 0 Å². The van der Waals surface area contributed by atoms with E-state index in [1.807, 2.05) is 12.1 Å². The normalized spacial score (nSPS) is 28.5. The molecule has 1 aromatic rings. The van der Waals surface area contributed by atoms with E-state index >= 15 is 0 Å². The minimum atomic E-state index is -3.58. The molecule has 1 amide bonds. The zero-order valence-electron chi connectivity index (χ0n) is 11.7. The van der Waals surface area contributed by atoms with Gasteiger partial charge in [-0.3, -0.25) is 4.79 Å². The predicted molar refractivity (Wildman–Crippen MR) is 77.3 cm³/mol. The molecule has 2 saturated heterocycles. The number of sulfonamides is 1. The van der Waals surface area contributed by atoms with Crippen molar-refractivity contribution in [3.05, 3.63) is 29.3 Å². The molecule has 1 N–H and O–H groups in total. The van der Waals surface area contributed by atoms with Crippen molar-refractivity contribution in [3.63, 3.8) is 0 Å². The molecule has 1 aliphatic carbocycles. The molecule has 2 fully saturated rings. The zero-order valence-corrected chi connectivity index (χ0v) is 12.5. The number of aryl methyl sites for hydroxylation is 2. The third kappa shape index (κ3) is 1.92. The molecule has 0 spiro atoms. The Labute approximate surface area is 124 Å². The maximum absolute atomic E-state index is 12.9. The van der Waals surface area contributed by atoms with Crippen LogP contribution >= 0.6 is 0 Å². The van der Waals surface area contributed by atoms with Gasteiger partial charge in [-0.05, 0) is 55.4 Å². The average Bonchev–Trinajstić information content (AvgIpc) is 3.07. The molecule has 21 heavy (non-hydrogen) atoms. The number of carbonyl (C=O) groups is 1. The van der Waals surface area contributed by atoms with Crippen molar-refractivity contribution < 1.29 is 13.2 Å². The topological polar surface area (TPSA) is 66.5 Å². The van der Waals surface area contributed by atoms with E-state index < -0.39 is 16.1 Å². The summed E-state index contributed by atoms with van der Waals surface area (Å²) in [4.78, 5) is 12.3. The number of benzene rings is 1. The molecule has 0 aromatic heterocycles. The molecule has 5 nitrogen and oxygen atoms in total. The minimum Gasteiger partial charge on any atom is -0.353 e. The monoisotopic (exact) mass is 306 g/mol. The number of hydrogen-bond acceptors (Lipinski definition) is 3. The Morgan fingerprint density at radius 1 is 1.14 bits per heavy atom. The van der Waals surface area contributed by atoms with E-state index in [0.29, 0.717) is 17.9 Å². The summed E-state index contributed by atoms with van der Waals surface area (Å²) in [5, 5.41) is 2.79. The average molecular weight is 306 g/mol. The molecule has 3 aliphatic rings. The van der Waals surface area contributed by atoms with Crippen molar-refractivity contribution in [1.82, 2.24) is 9.62 Å². The molecular formula is C15H18N2O3S. The van der Waals surface area contributed by atoms with Gasteiger partial charge in [0.15, 0.2) is 0 Å². The Morgan fingerprint density at radius 2 is 1.95 bits per heavy atom. The number of amides is 1. The third-order valence-corrected chi connectivity index (χ3v) is 6.86. The molecule has 4 rings (SSSR count). The van der Waals surface area contributed by atoms with Crippen LogP contribution in [0.1, 0.15) is 30.4 Å². The molecule has 2 unspecified atom stereocenters. The standard InChI is InChI=1S/C15H18N2O3S/c18-15-14-7-5-12(9-16-15)17(14)21(19,20)13-6-4-10-2-1-3-11(10)8-13/h4,6,8,12,14H,1-3,5,7,9H2,(H,16,18). The summed E-state index contributed by atoms with van der Waals surface area (Å²) in [5.41, 5.74) is 2.40. The smallest absolute Gasteiger partial charge is 0.244 e. The Kier molecular flexibility index (Phi) is 2.87. The van der Waals surface area contributed by atoms with E-state index in [-0.39, 0.29) is 11.9 Å². The van der Waals surface area contributed by atoms with Crippen molar-refractivity contribution in [3.8, 4) is 0 Å². The van der Waals surface area contributed by atoms with Gasteiger partial charge in [-0.1, -0.05) is 6.07 Å². The summed E-state index contributed by atoms with van der Waals surface area (Å²) >= 11 is 0. The van der Waals surface area contributed by atoms with Gasteiger partial charge in [0.1, 0.15) is 6.04 Å². The first-order chi connectivity index (χ1) is 10.1. The molecule has 112 valence electrons. The highest BCUT2D eigenvalue weighted by atomic mass is 32.2. The number of hydrogen-bond donors (Lipinski definition) is 1. The molecule has 0 radical (unpaired) electrons. The fourth-order valence-corrected chi connectivity index (χ4v) is 5.71. The fraction of sp³-hybridized carbons (Fsp3) is 0.533. The maximum atomic E-state index is 12.9. The van der Waals surface area contributed by atoms with Gasteiger partial charge in [0.05, 0.1) is 4.90 Å². The number of piperazine rings is 1. The van der Waals surface area contributed by atoms with E-state index in [1.165, 1.54) is 9.87 Å². The van der Waals surface area contributed by atoms with Gasteiger partial charge in [0.2, 0.25) is 15.9 Å². The third-order valence-electron chi connectivity index (χ3n) is 4.90. The van der Waals surface area contributed by atoms with E-state index in [4.69, 9.17) is 0 Å². The Balaban J connectivity index is 1.75. The van der Waals surface area contributed by atoms with Gasteiger partial charge in [0, 0.05) is 12.6 Å². The van der Waals surface area contributed by atoms with Crippen molar-refractivity contribution in [1.29, 1.82) is 0 Å². The number of fused-ring (bicyclic) bond motifs is 3. The largest absolute Gasteiger partial charge is 0.353 e. The highest BCUT2D eigenvalue weighted by Crippen LogP contribution is 2.34. The van der Waals surface area contributed by atoms with Crippen LogP contribution in [-0.2, 0) is 27.7 Å². The summed E-state index contributed by atoms with van der Waals surface area (Å²) in [5.74, 6) is -0.159. The van der Waals surface area contributed by atoms with Crippen LogP contribution in [0.4, 0.5) is 0 Å². The highest BCUT2D eigenvalue weighted by Gasteiger charge is 2.48. The summed E-state index contributed by atoms with van der Waals surface area (Å²) < 4.78 is 27.3. The summed E-state index contributed by atoms with van der Waals surface area (Å²) in [7, 11) is -3.58. The Bertz CT molecular complexity index is 714. The number of nitrogens with one attached hydrogen (secondary N) is 1. The van der Waals surface area contributed by atoms with Crippen molar-refractivity contribution >= 4 is 15.9 Å². The van der Waals surface area contributed by atoms with Crippen molar-refractivity contribution in [2.75, 3.05) is 6.54 Å². The van der Waals surface area contributed by atoms with Crippen LogP contribution < -0.4 is 5.32 Å². The predicted octanol–water partition coefficient (Wildman–Crippen LogP) is 0.827. The lowest BCUT2D eigenvalue weighted by atomic mass is 10.1. The van der Waals surface area contributed by atoms with Crippen LogP contribution in [-0.4, -0.2) is 37.3 Å². The van der Waals surface area contributed by atoms with E-state index in [2.05, 4.69) is 5.32 Å². The summed E-state index contributed by atoms with van der Waals surface area (Å²) in [6.45, 7) is 0.430. The molecule has 2 atom stereocenters. The molecule has 1 aromatic carbocycles. The Morgan fingerprint density at radius 3 is 2.81 bits per heavy atom. The maximum Gasteiger partial charge on any atom is 0.244 e. The Hall–Kier alpha value is -1.40. The van der Waals surface area contributed by atoms with Gasteiger partial charge < -0.3 is 5.32 Å². The van der Waals surface area contributed by atoms with Gasteiger partial charge in [-0.2, -0.15) is 4.31 Å². The number of carbonyl (C=O) groups excluding carboxylic acids is 1. The highest BCUT2D eigenvalue weighted by molar-refractivity contribution is 7.89. The van der Waals surface area contributed by atoms with Crippen LogP contribution in [0.3, 0.4) is 0 Å². The number of rotatable bonds is 2. The SMILES string of the molecule is O=C1NCC2CCC1N2S(=O)(=O)c1ccc2c(c1)CCC2. The van der Waals surface area contributed by atoms with Crippen molar-refractivity contribution in [2.24, 2.45) is 0 Å². The van der Waals surface area contributed by atoms with Gasteiger partial charge in [-0.15, -0.1) is 0 Å². The lowest BCUT2D eigenvalue weighted by Gasteiger charge is -2.33. The fourth-order valence-electron chi connectivity index (χ4n) is 3.83. The van der Waals surface area contributed by atoms with Crippen LogP contribution in [0.25, 0.3) is 0 Å². The van der Waals surface area contributed by atoms with Crippen molar-refractivity contribution in [2.45, 2.75) is 49.1 Å². The molecule has 2 bridgehead atoms. The summed E-state index contributed by atoms with van der Waals surface area (Å²) in [6.07, 6.45) is 4.46. The molecular weight excluding hydrogens is 288 g/mol. The molecule has 6 heteroatoms. The van der Waals surface area contributed by atoms with E-state index in [1.54, 1.807) is 6.07 Å². The van der Waals surface area contributed by atoms with Crippen LogP contribution in [0, 0.1) is 0 Å². The first-order valence-corrected chi connectivity index (χ1v) is 8.94. The zero-order chi connectivity index (χ0) is 14.6. The molecule has 2 aliphatic heterocycles. The number of nitrogens with zero attached hydrogens (tertiary/aromatic N) is 1. The lowest BCUT2D eigenvalue weighted by Crippen LogP contribution is -2.57. The van der Waals surface area contributed by atoms with Crippen LogP contribution in [0.15, 0.2) is 23.1 Å². The first-order valence-electron chi connectivity index (χ1n) is 7.50. The minimum absolute atomic E-state index is 0.0917. The quantitative estimate of drug-likeness (QED) is 0.880. The van der Waals surface area contributed by atoms with Crippen LogP contribution in [0.2, 0.25) is 0 Å². The van der Waals surface area contributed by atoms with Gasteiger partial charge in [-0.25, -0.2) is 8.42 Å². The second-order valence-corrected chi connectivity index (χ2v) is 7.95. The van der Waals surface area contributed by atoms with Crippen LogP contribution in [0.5, 0.6) is 0 Å². The van der Waals surface area contributed by atoms with E-state index in [9.17, 15) is 13.2 Å². The second-order valence-electron chi connectivity index (χ2n) is 6.11. The second kappa shape index (κ2) is 4.55. The first kappa shape index (κ1) is 13.3. The van der Waals surface area contributed by atoms with E-state index in [0.717, 1.165) is 31.2 Å².